The average Bonchev–Trinajstić information content (AvgIpc) is 2.99. The Balaban J connectivity index is 1.91. The van der Waals surface area contributed by atoms with Crippen LogP contribution in [0, 0.1) is 23.7 Å². The molecular weight excluding hydrogens is 300 g/mol. The molecule has 134 valence electrons. The number of allylic oxidation sites excluding steroid dienone is 5. The van der Waals surface area contributed by atoms with Crippen molar-refractivity contribution in [3.63, 3.8) is 0 Å². The lowest BCUT2D eigenvalue weighted by Gasteiger charge is -2.18. The van der Waals surface area contributed by atoms with E-state index in [0.29, 0.717) is 17.8 Å². The maximum absolute atomic E-state index is 10.8. The number of hydrogen-bond acceptors (Lipinski definition) is 2. The predicted molar refractivity (Wildman–Crippen MR) is 97.6 cm³/mol. The molecule has 5 atom stereocenters. The monoisotopic (exact) mass is 332 g/mol. The number of carboxylic acid groups (broad SMARTS) is 1. The van der Waals surface area contributed by atoms with Crippen LogP contribution in [0.1, 0.15) is 59.3 Å². The molecule has 0 heterocycles. The first-order valence-electron chi connectivity index (χ1n) is 9.25. The van der Waals surface area contributed by atoms with E-state index in [0.717, 1.165) is 32.1 Å². The largest absolute Gasteiger partial charge is 0.481 e. The quantitative estimate of drug-likeness (QED) is 0.523. The molecule has 3 heteroatoms. The smallest absolute Gasteiger partial charge is 0.303 e. The highest BCUT2D eigenvalue weighted by Crippen LogP contribution is 2.51. The molecule has 2 saturated carbocycles. The van der Waals surface area contributed by atoms with E-state index in [4.69, 9.17) is 5.11 Å². The number of aliphatic hydroxyl groups excluding tert-OH is 1. The third-order valence-electron chi connectivity index (χ3n) is 5.64. The lowest BCUT2D eigenvalue weighted by atomic mass is 9.89. The first-order valence-corrected chi connectivity index (χ1v) is 9.25. The Morgan fingerprint density at radius 1 is 1.12 bits per heavy atom. The van der Waals surface area contributed by atoms with Crippen LogP contribution < -0.4 is 0 Å². The molecule has 0 aromatic heterocycles. The van der Waals surface area contributed by atoms with Crippen molar-refractivity contribution >= 4 is 5.97 Å². The molecule has 2 fully saturated rings. The van der Waals surface area contributed by atoms with Crippen LogP contribution in [-0.2, 0) is 4.79 Å². The summed E-state index contributed by atoms with van der Waals surface area (Å²) in [5.74, 6) is 1.16. The summed E-state index contributed by atoms with van der Waals surface area (Å²) >= 11 is 0. The molecule has 0 aromatic rings. The third kappa shape index (κ3) is 5.34. The van der Waals surface area contributed by atoms with Crippen molar-refractivity contribution in [3.05, 3.63) is 35.5 Å². The normalized spacial score (nSPS) is 33.0. The van der Waals surface area contributed by atoms with Gasteiger partial charge in [-0.2, -0.15) is 0 Å². The Bertz CT molecular complexity index is 525. The molecular formula is C21H32O3. The second-order valence-electron chi connectivity index (χ2n) is 7.90. The van der Waals surface area contributed by atoms with Gasteiger partial charge in [0.15, 0.2) is 0 Å². The van der Waals surface area contributed by atoms with Crippen LogP contribution in [0.3, 0.4) is 0 Å². The molecule has 3 nitrogen and oxygen atoms in total. The van der Waals surface area contributed by atoms with Crippen molar-refractivity contribution < 1.29 is 15.0 Å². The number of hydrogen-bond donors (Lipinski definition) is 2. The number of fused-ring (bicyclic) bond motifs is 1. The molecule has 2 rings (SSSR count). The van der Waals surface area contributed by atoms with E-state index in [1.54, 1.807) is 0 Å². The van der Waals surface area contributed by atoms with Crippen LogP contribution in [0.2, 0.25) is 0 Å². The van der Waals surface area contributed by atoms with Gasteiger partial charge in [-0.15, -0.1) is 0 Å². The lowest BCUT2D eigenvalue weighted by molar-refractivity contribution is -0.137. The zero-order valence-electron chi connectivity index (χ0n) is 15.2. The van der Waals surface area contributed by atoms with Crippen LogP contribution in [0.25, 0.3) is 0 Å². The fraction of sp³-hybridized carbons (Fsp3) is 0.667. The van der Waals surface area contributed by atoms with Crippen molar-refractivity contribution in [1.82, 2.24) is 0 Å². The molecule has 1 unspecified atom stereocenters. The standard InChI is InChI=1S/C21H32O3/c1-14(2)5-4-6-15(3)7-9-18-19-12-16(8-10-21(23)24)11-17(19)13-20(18)22/h5-7,9,16-20,22H,4,8,10-13H2,1-3H3,(H,23,24)/b9-7+,15-6+/t16?,17-,18+,19-,20+/m0/s1. The average molecular weight is 332 g/mol. The summed E-state index contributed by atoms with van der Waals surface area (Å²) in [5.41, 5.74) is 2.57. The van der Waals surface area contributed by atoms with Crippen LogP contribution in [-0.4, -0.2) is 22.3 Å². The fourth-order valence-corrected chi connectivity index (χ4v) is 4.42. The Morgan fingerprint density at radius 2 is 1.88 bits per heavy atom. The van der Waals surface area contributed by atoms with Crippen LogP contribution >= 0.6 is 0 Å². The van der Waals surface area contributed by atoms with Gasteiger partial charge in [-0.05, 0) is 70.6 Å². The molecule has 0 saturated heterocycles. The molecule has 0 amide bonds. The maximum atomic E-state index is 10.8. The Morgan fingerprint density at radius 3 is 2.54 bits per heavy atom. The molecule has 0 aliphatic heterocycles. The zero-order valence-corrected chi connectivity index (χ0v) is 15.2. The first kappa shape index (κ1) is 19.0. The highest BCUT2D eigenvalue weighted by Gasteiger charge is 2.46. The van der Waals surface area contributed by atoms with Gasteiger partial charge in [-0.25, -0.2) is 0 Å². The summed E-state index contributed by atoms with van der Waals surface area (Å²) in [7, 11) is 0. The Hall–Kier alpha value is -1.35. The SMILES string of the molecule is CC(C)=CC/C=C(C)/C=C/[C@@H]1[C@H]2CC(CCC(=O)O)C[C@H]2C[C@H]1O. The summed E-state index contributed by atoms with van der Waals surface area (Å²) in [5, 5.41) is 19.2. The molecule has 2 aliphatic carbocycles. The maximum Gasteiger partial charge on any atom is 0.303 e. The topological polar surface area (TPSA) is 57.5 Å². The number of rotatable bonds is 7. The second-order valence-corrected chi connectivity index (χ2v) is 7.90. The van der Waals surface area contributed by atoms with Gasteiger partial charge in [0, 0.05) is 12.3 Å². The van der Waals surface area contributed by atoms with E-state index >= 15 is 0 Å². The summed E-state index contributed by atoms with van der Waals surface area (Å²) in [6, 6.07) is 0. The Labute approximate surface area is 146 Å². The number of aliphatic carboxylic acids is 1. The van der Waals surface area contributed by atoms with Crippen molar-refractivity contribution in [1.29, 1.82) is 0 Å². The minimum absolute atomic E-state index is 0.233. The van der Waals surface area contributed by atoms with E-state index < -0.39 is 5.97 Å². The zero-order chi connectivity index (χ0) is 17.7. The number of carbonyl (C=O) groups is 1. The summed E-state index contributed by atoms with van der Waals surface area (Å²) in [4.78, 5) is 10.8. The van der Waals surface area contributed by atoms with E-state index in [9.17, 15) is 9.90 Å². The van der Waals surface area contributed by atoms with Crippen LogP contribution in [0.15, 0.2) is 35.5 Å². The van der Waals surface area contributed by atoms with Crippen molar-refractivity contribution in [2.45, 2.75) is 65.4 Å². The predicted octanol–water partition coefficient (Wildman–Crippen LogP) is 4.73. The third-order valence-corrected chi connectivity index (χ3v) is 5.64. The molecule has 0 aromatic carbocycles. The van der Waals surface area contributed by atoms with Gasteiger partial charge >= 0.3 is 5.97 Å². The van der Waals surface area contributed by atoms with Crippen LogP contribution in [0.4, 0.5) is 0 Å². The second kappa shape index (κ2) is 8.66. The highest BCUT2D eigenvalue weighted by molar-refractivity contribution is 5.66. The molecule has 2 aliphatic rings. The van der Waals surface area contributed by atoms with Crippen molar-refractivity contribution in [2.24, 2.45) is 23.7 Å². The fourth-order valence-electron chi connectivity index (χ4n) is 4.42. The van der Waals surface area contributed by atoms with Gasteiger partial charge in [-0.1, -0.05) is 35.5 Å². The first-order chi connectivity index (χ1) is 11.4. The molecule has 0 radical (unpaired) electrons. The highest BCUT2D eigenvalue weighted by atomic mass is 16.4. The van der Waals surface area contributed by atoms with Gasteiger partial charge < -0.3 is 10.2 Å². The summed E-state index contributed by atoms with van der Waals surface area (Å²) in [6.45, 7) is 6.32. The van der Waals surface area contributed by atoms with Gasteiger partial charge in [0.1, 0.15) is 0 Å². The Kier molecular flexibility index (Phi) is 6.85. The van der Waals surface area contributed by atoms with E-state index in [1.165, 1.54) is 11.1 Å². The number of carboxylic acids is 1. The van der Waals surface area contributed by atoms with E-state index in [2.05, 4.69) is 45.1 Å². The number of aliphatic hydroxyl groups is 1. The molecule has 2 N–H and O–H groups in total. The summed E-state index contributed by atoms with van der Waals surface area (Å²) < 4.78 is 0. The molecule has 0 spiro atoms. The minimum Gasteiger partial charge on any atom is -0.481 e. The minimum atomic E-state index is -0.694. The van der Waals surface area contributed by atoms with Gasteiger partial charge in [0.2, 0.25) is 0 Å². The van der Waals surface area contributed by atoms with E-state index in [-0.39, 0.29) is 18.4 Å². The van der Waals surface area contributed by atoms with Crippen LogP contribution in [0.5, 0.6) is 0 Å². The molecule has 24 heavy (non-hydrogen) atoms. The molecule has 0 bridgehead atoms. The van der Waals surface area contributed by atoms with Gasteiger partial charge in [0.05, 0.1) is 6.10 Å². The van der Waals surface area contributed by atoms with E-state index in [1.807, 2.05) is 0 Å². The van der Waals surface area contributed by atoms with Gasteiger partial charge in [0.25, 0.3) is 0 Å². The summed E-state index contributed by atoms with van der Waals surface area (Å²) in [6.07, 6.45) is 13.6. The van der Waals surface area contributed by atoms with Crippen molar-refractivity contribution in [2.75, 3.05) is 0 Å². The van der Waals surface area contributed by atoms with Gasteiger partial charge in [-0.3, -0.25) is 4.79 Å². The van der Waals surface area contributed by atoms with Crippen molar-refractivity contribution in [3.8, 4) is 0 Å². The lowest BCUT2D eigenvalue weighted by Crippen LogP contribution is -2.17.